The Morgan fingerprint density at radius 2 is 2.04 bits per heavy atom. The van der Waals surface area contributed by atoms with Gasteiger partial charge in [0.05, 0.1) is 29.5 Å². The van der Waals surface area contributed by atoms with Gasteiger partial charge in [0.2, 0.25) is 0 Å². The number of hydrogen-bond acceptors (Lipinski definition) is 5. The minimum absolute atomic E-state index is 0.215. The molecule has 6 heteroatoms. The Kier molecular flexibility index (Phi) is 5.36. The maximum Gasteiger partial charge on any atom is 0.181 e. The molecule has 1 saturated carbocycles. The Hall–Kier alpha value is -0.950. The normalized spacial score (nSPS) is 29.2. The van der Waals surface area contributed by atoms with E-state index in [1.807, 2.05) is 6.07 Å². The van der Waals surface area contributed by atoms with E-state index in [9.17, 15) is 8.42 Å². The quantitative estimate of drug-likeness (QED) is 0.820. The number of hydrogen-bond donors (Lipinski definition) is 1. The molecule has 23 heavy (non-hydrogen) atoms. The van der Waals surface area contributed by atoms with E-state index >= 15 is 0 Å². The summed E-state index contributed by atoms with van der Waals surface area (Å²) in [4.78, 5) is 0.432. The van der Waals surface area contributed by atoms with Gasteiger partial charge in [0.25, 0.3) is 0 Å². The average Bonchev–Trinajstić information content (AvgIpc) is 3.02. The Morgan fingerprint density at radius 3 is 2.70 bits per heavy atom. The maximum atomic E-state index is 12.5. The molecule has 0 aromatic heterocycles. The van der Waals surface area contributed by atoms with Crippen LogP contribution in [0, 0.1) is 0 Å². The molecule has 0 amide bonds. The van der Waals surface area contributed by atoms with E-state index in [-0.39, 0.29) is 23.4 Å². The monoisotopic (exact) mass is 339 g/mol. The molecule has 1 aliphatic heterocycles. The second kappa shape index (κ2) is 7.30. The molecule has 1 aromatic rings. The van der Waals surface area contributed by atoms with Crippen LogP contribution in [-0.2, 0) is 19.3 Å². The SMILES string of the molecule is CC(COC1CCOC1)NC1CC(S(=O)(=O)c2ccccc2)C1. The first-order chi connectivity index (χ1) is 11.1. The molecule has 1 saturated heterocycles. The summed E-state index contributed by atoms with van der Waals surface area (Å²) in [5.74, 6) is 0. The summed E-state index contributed by atoms with van der Waals surface area (Å²) >= 11 is 0. The second-order valence-electron chi connectivity index (χ2n) is 6.54. The largest absolute Gasteiger partial charge is 0.379 e. The fraction of sp³-hybridized carbons (Fsp3) is 0.647. The zero-order valence-electron chi connectivity index (χ0n) is 13.5. The van der Waals surface area contributed by atoms with Gasteiger partial charge in [0.15, 0.2) is 9.84 Å². The first-order valence-electron chi connectivity index (χ1n) is 8.30. The second-order valence-corrected chi connectivity index (χ2v) is 8.76. The lowest BCUT2D eigenvalue weighted by molar-refractivity contribution is 0.0292. The average molecular weight is 339 g/mol. The first kappa shape index (κ1) is 16.9. The van der Waals surface area contributed by atoms with Crippen molar-refractivity contribution < 1.29 is 17.9 Å². The third-order valence-corrected chi connectivity index (χ3v) is 6.79. The van der Waals surface area contributed by atoms with Gasteiger partial charge in [-0.2, -0.15) is 0 Å². The van der Waals surface area contributed by atoms with Crippen molar-refractivity contribution in [1.82, 2.24) is 5.32 Å². The fourth-order valence-electron chi connectivity index (χ4n) is 3.13. The minimum Gasteiger partial charge on any atom is -0.379 e. The van der Waals surface area contributed by atoms with Crippen molar-refractivity contribution in [2.75, 3.05) is 19.8 Å². The van der Waals surface area contributed by atoms with Gasteiger partial charge in [-0.25, -0.2) is 8.42 Å². The molecule has 128 valence electrons. The lowest BCUT2D eigenvalue weighted by atomic mass is 9.91. The highest BCUT2D eigenvalue weighted by atomic mass is 32.2. The predicted octanol–water partition coefficient (Wildman–Crippen LogP) is 1.77. The molecular formula is C17H25NO4S. The molecule has 1 N–H and O–H groups in total. The highest BCUT2D eigenvalue weighted by Gasteiger charge is 2.39. The standard InChI is InChI=1S/C17H25NO4S/c1-13(11-22-15-7-8-21-12-15)18-14-9-17(10-14)23(19,20)16-5-3-2-4-6-16/h2-6,13-15,17-18H,7-12H2,1H3. The predicted molar refractivity (Wildman–Crippen MR) is 88.2 cm³/mol. The summed E-state index contributed by atoms with van der Waals surface area (Å²) < 4.78 is 36.0. The molecule has 0 spiro atoms. The van der Waals surface area contributed by atoms with Gasteiger partial charge in [-0.3, -0.25) is 0 Å². The number of benzene rings is 1. The van der Waals surface area contributed by atoms with Crippen LogP contribution in [0.3, 0.4) is 0 Å². The van der Waals surface area contributed by atoms with Crippen molar-refractivity contribution in [3.05, 3.63) is 30.3 Å². The molecule has 1 aliphatic carbocycles. The summed E-state index contributed by atoms with van der Waals surface area (Å²) in [7, 11) is -3.18. The van der Waals surface area contributed by atoms with E-state index in [0.29, 0.717) is 31.0 Å². The van der Waals surface area contributed by atoms with E-state index < -0.39 is 9.84 Å². The van der Waals surface area contributed by atoms with Crippen LogP contribution in [0.4, 0.5) is 0 Å². The molecule has 0 radical (unpaired) electrons. The van der Waals surface area contributed by atoms with Gasteiger partial charge in [0.1, 0.15) is 0 Å². The van der Waals surface area contributed by atoms with Crippen LogP contribution in [-0.4, -0.2) is 51.7 Å². The highest BCUT2D eigenvalue weighted by molar-refractivity contribution is 7.92. The maximum absolute atomic E-state index is 12.5. The van der Waals surface area contributed by atoms with E-state index in [4.69, 9.17) is 9.47 Å². The van der Waals surface area contributed by atoms with Crippen LogP contribution >= 0.6 is 0 Å². The Balaban J connectivity index is 1.42. The Labute approximate surface area is 138 Å². The van der Waals surface area contributed by atoms with Crippen molar-refractivity contribution in [1.29, 1.82) is 0 Å². The minimum atomic E-state index is -3.18. The third-order valence-electron chi connectivity index (χ3n) is 4.60. The summed E-state index contributed by atoms with van der Waals surface area (Å²) in [6.45, 7) is 4.19. The zero-order chi connectivity index (χ0) is 16.3. The van der Waals surface area contributed by atoms with Gasteiger partial charge in [-0.1, -0.05) is 18.2 Å². The zero-order valence-corrected chi connectivity index (χ0v) is 14.3. The van der Waals surface area contributed by atoms with Crippen LogP contribution in [0.15, 0.2) is 35.2 Å². The van der Waals surface area contributed by atoms with E-state index in [1.54, 1.807) is 24.3 Å². The smallest absolute Gasteiger partial charge is 0.181 e. The van der Waals surface area contributed by atoms with E-state index in [0.717, 1.165) is 13.0 Å². The Morgan fingerprint density at radius 1 is 1.30 bits per heavy atom. The third kappa shape index (κ3) is 4.12. The Bertz CT molecular complexity index is 592. The summed E-state index contributed by atoms with van der Waals surface area (Å²) in [5, 5.41) is 3.20. The van der Waals surface area contributed by atoms with Crippen LogP contribution in [0.2, 0.25) is 0 Å². The summed E-state index contributed by atoms with van der Waals surface area (Å²) in [6.07, 6.45) is 2.53. The molecular weight excluding hydrogens is 314 g/mol. The molecule has 0 bridgehead atoms. The summed E-state index contributed by atoms with van der Waals surface area (Å²) in [5.41, 5.74) is 0. The van der Waals surface area contributed by atoms with Gasteiger partial charge in [-0.15, -0.1) is 0 Å². The molecule has 2 unspecified atom stereocenters. The van der Waals surface area contributed by atoms with Gasteiger partial charge in [0, 0.05) is 18.7 Å². The van der Waals surface area contributed by atoms with Gasteiger partial charge in [-0.05, 0) is 38.3 Å². The van der Waals surface area contributed by atoms with E-state index in [1.165, 1.54) is 0 Å². The molecule has 3 rings (SSSR count). The molecule has 5 nitrogen and oxygen atoms in total. The molecule has 1 heterocycles. The van der Waals surface area contributed by atoms with Gasteiger partial charge >= 0.3 is 0 Å². The molecule has 1 aromatic carbocycles. The number of ether oxygens (including phenoxy) is 2. The highest BCUT2D eigenvalue weighted by Crippen LogP contribution is 2.31. The van der Waals surface area contributed by atoms with Crippen molar-refractivity contribution >= 4 is 9.84 Å². The topological polar surface area (TPSA) is 64.6 Å². The lowest BCUT2D eigenvalue weighted by Crippen LogP contribution is -2.51. The molecule has 2 atom stereocenters. The summed E-state index contributed by atoms with van der Waals surface area (Å²) in [6, 6.07) is 9.21. The van der Waals surface area contributed by atoms with Crippen LogP contribution in [0.25, 0.3) is 0 Å². The first-order valence-corrected chi connectivity index (χ1v) is 9.84. The van der Waals surface area contributed by atoms with Crippen molar-refractivity contribution in [2.45, 2.75) is 54.5 Å². The van der Waals surface area contributed by atoms with Crippen molar-refractivity contribution in [3.8, 4) is 0 Å². The number of rotatable bonds is 7. The van der Waals surface area contributed by atoms with Crippen molar-refractivity contribution in [3.63, 3.8) is 0 Å². The lowest BCUT2D eigenvalue weighted by Gasteiger charge is -2.37. The fourth-order valence-corrected chi connectivity index (χ4v) is 5.03. The number of nitrogens with one attached hydrogen (secondary N) is 1. The van der Waals surface area contributed by atoms with Crippen LogP contribution in [0.1, 0.15) is 26.2 Å². The van der Waals surface area contributed by atoms with Crippen LogP contribution in [0.5, 0.6) is 0 Å². The molecule has 2 aliphatic rings. The van der Waals surface area contributed by atoms with E-state index in [2.05, 4.69) is 12.2 Å². The van der Waals surface area contributed by atoms with Crippen LogP contribution < -0.4 is 5.32 Å². The van der Waals surface area contributed by atoms with Crippen molar-refractivity contribution in [2.24, 2.45) is 0 Å². The molecule has 2 fully saturated rings. The van der Waals surface area contributed by atoms with Gasteiger partial charge < -0.3 is 14.8 Å². The number of sulfone groups is 1.